The molecule has 1 saturated heterocycles. The van der Waals surface area contributed by atoms with Crippen molar-refractivity contribution in [2.45, 2.75) is 24.7 Å². The van der Waals surface area contributed by atoms with E-state index in [0.717, 1.165) is 13.1 Å². The van der Waals surface area contributed by atoms with E-state index >= 15 is 0 Å². The van der Waals surface area contributed by atoms with Gasteiger partial charge in [-0.3, -0.25) is 4.57 Å². The number of rotatable bonds is 4. The van der Waals surface area contributed by atoms with Gasteiger partial charge < -0.3 is 15.6 Å². The fraction of sp³-hybridized carbons (Fsp3) is 0.636. The van der Waals surface area contributed by atoms with Gasteiger partial charge in [0.25, 0.3) is 5.92 Å². The van der Waals surface area contributed by atoms with E-state index in [9.17, 15) is 18.7 Å². The van der Waals surface area contributed by atoms with Crippen molar-refractivity contribution >= 4 is 5.82 Å². The molecule has 3 N–H and O–H groups in total. The number of nitrogens with zero attached hydrogens (tertiary/aromatic N) is 5. The molecule has 11 heteroatoms. The van der Waals surface area contributed by atoms with Gasteiger partial charge in [0.1, 0.15) is 11.4 Å². The summed E-state index contributed by atoms with van der Waals surface area (Å²) in [7, 11) is 0. The van der Waals surface area contributed by atoms with Crippen LogP contribution in [0.1, 0.15) is 13.2 Å². The predicted octanol–water partition coefficient (Wildman–Crippen LogP) is 0.667. The van der Waals surface area contributed by atoms with Gasteiger partial charge in [-0.15, -0.1) is 0 Å². The first-order valence-electron chi connectivity index (χ1n) is 6.30. The molecule has 0 aliphatic carbocycles. The van der Waals surface area contributed by atoms with Crippen molar-refractivity contribution in [3.8, 4) is 0 Å². The van der Waals surface area contributed by atoms with Crippen molar-refractivity contribution in [2.24, 2.45) is 11.0 Å². The van der Waals surface area contributed by atoms with Crippen LogP contribution in [0.25, 0.3) is 10.4 Å². The number of ether oxygens (including phenoxy) is 1. The second-order valence-corrected chi connectivity index (χ2v) is 5.02. The number of alkyl halides is 2. The molecule has 0 unspecified atom stereocenters. The lowest BCUT2D eigenvalue weighted by Gasteiger charge is -2.28. The van der Waals surface area contributed by atoms with Crippen LogP contribution in [0.4, 0.5) is 14.6 Å². The van der Waals surface area contributed by atoms with Crippen LogP contribution < -0.4 is 11.4 Å². The maximum atomic E-state index is 14.5. The molecule has 1 aromatic heterocycles. The predicted molar refractivity (Wildman–Crippen MR) is 71.0 cm³/mol. The topological polar surface area (TPSA) is 139 Å². The fourth-order valence-electron chi connectivity index (χ4n) is 2.36. The molecule has 120 valence electrons. The van der Waals surface area contributed by atoms with E-state index in [2.05, 4.69) is 15.0 Å². The number of hydrogen-bond acceptors (Lipinski definition) is 6. The number of anilines is 1. The fourth-order valence-corrected chi connectivity index (χ4v) is 2.36. The van der Waals surface area contributed by atoms with E-state index in [1.807, 2.05) is 0 Å². The molecule has 0 saturated carbocycles. The van der Waals surface area contributed by atoms with Crippen LogP contribution in [0.5, 0.6) is 0 Å². The second kappa shape index (κ2) is 5.52. The highest BCUT2D eigenvalue weighted by Gasteiger charge is 2.64. The lowest BCUT2D eigenvalue weighted by molar-refractivity contribution is -0.141. The minimum absolute atomic E-state index is 0.113. The molecule has 3 atom stereocenters. The van der Waals surface area contributed by atoms with Crippen molar-refractivity contribution < 1.29 is 18.6 Å². The molecular formula is C11H14F2N6O3. The lowest BCUT2D eigenvalue weighted by atomic mass is 9.87. The van der Waals surface area contributed by atoms with Gasteiger partial charge in [0.05, 0.1) is 19.1 Å². The van der Waals surface area contributed by atoms with Crippen LogP contribution in [0.2, 0.25) is 0 Å². The third kappa shape index (κ3) is 2.39. The molecule has 0 radical (unpaired) electrons. The van der Waals surface area contributed by atoms with E-state index in [1.54, 1.807) is 0 Å². The van der Waals surface area contributed by atoms with Crippen molar-refractivity contribution in [1.82, 2.24) is 9.55 Å². The molecule has 9 nitrogen and oxygen atoms in total. The molecule has 22 heavy (non-hydrogen) atoms. The van der Waals surface area contributed by atoms with Gasteiger partial charge in [0.2, 0.25) is 6.23 Å². The van der Waals surface area contributed by atoms with Gasteiger partial charge in [0, 0.05) is 11.1 Å². The quantitative estimate of drug-likeness (QED) is 0.477. The summed E-state index contributed by atoms with van der Waals surface area (Å²) in [6.45, 7) is -0.139. The summed E-state index contributed by atoms with van der Waals surface area (Å²) in [5.74, 6) is -5.10. The number of halogens is 2. The number of aliphatic hydroxyl groups excluding tert-OH is 1. The minimum atomic E-state index is -3.49. The van der Waals surface area contributed by atoms with Crippen molar-refractivity contribution in [2.75, 3.05) is 18.9 Å². The Morgan fingerprint density at radius 2 is 2.36 bits per heavy atom. The molecule has 1 fully saturated rings. The first kappa shape index (κ1) is 16.1. The molecule has 0 spiro atoms. The largest absolute Gasteiger partial charge is 0.393 e. The Hall–Kier alpha value is -2.23. The lowest BCUT2D eigenvalue weighted by Crippen LogP contribution is -2.44. The van der Waals surface area contributed by atoms with Crippen LogP contribution in [0.15, 0.2) is 22.2 Å². The summed E-state index contributed by atoms with van der Waals surface area (Å²) >= 11 is 0. The van der Waals surface area contributed by atoms with Gasteiger partial charge in [-0.05, 0) is 11.6 Å². The molecular weight excluding hydrogens is 302 g/mol. The number of azide groups is 1. The Morgan fingerprint density at radius 3 is 2.91 bits per heavy atom. The summed E-state index contributed by atoms with van der Waals surface area (Å²) in [6.07, 6.45) is -0.944. The molecule has 1 aromatic rings. The molecule has 1 aliphatic rings. The molecule has 1 aliphatic heterocycles. The first-order chi connectivity index (χ1) is 10.3. The Labute approximate surface area is 123 Å². The van der Waals surface area contributed by atoms with Gasteiger partial charge in [-0.2, -0.15) is 4.98 Å². The Bertz CT molecular complexity index is 674. The van der Waals surface area contributed by atoms with E-state index in [-0.39, 0.29) is 5.82 Å². The Balaban J connectivity index is 2.49. The second-order valence-electron chi connectivity index (χ2n) is 5.02. The number of aliphatic hydroxyl groups is 1. The highest BCUT2D eigenvalue weighted by Crippen LogP contribution is 2.51. The summed E-state index contributed by atoms with van der Waals surface area (Å²) in [6, 6.07) is 1.18. The van der Waals surface area contributed by atoms with Crippen molar-refractivity contribution in [3.63, 3.8) is 0 Å². The minimum Gasteiger partial charge on any atom is -0.393 e. The standard InChI is InChI=1S/C11H14F2N6O3/c1-6-10(5-20,4-16-18-15)22-8(11(6,12)13)19-3-2-7(14)17-9(19)21/h2-3,6,8,20H,4-5H2,1H3,(H2,14,17,21)/t6-,8-,10-/m1/s1. The van der Waals surface area contributed by atoms with Crippen molar-refractivity contribution in [1.29, 1.82) is 0 Å². The van der Waals surface area contributed by atoms with E-state index in [4.69, 9.17) is 16.0 Å². The molecule has 0 amide bonds. The summed E-state index contributed by atoms with van der Waals surface area (Å²) < 4.78 is 34.8. The molecule has 0 aromatic carbocycles. The number of aromatic nitrogens is 2. The van der Waals surface area contributed by atoms with E-state index < -0.39 is 42.5 Å². The maximum absolute atomic E-state index is 14.5. The summed E-state index contributed by atoms with van der Waals surface area (Å²) in [4.78, 5) is 17.6. The van der Waals surface area contributed by atoms with Gasteiger partial charge >= 0.3 is 5.69 Å². The SMILES string of the molecule is C[C@H]1C(F)(F)[C@H](n2ccc(N)nc2=O)O[C@@]1(CO)CN=[N+]=[N-]. The van der Waals surface area contributed by atoms with Crippen LogP contribution in [0, 0.1) is 5.92 Å². The zero-order chi connectivity index (χ0) is 16.5. The highest BCUT2D eigenvalue weighted by molar-refractivity contribution is 5.23. The Morgan fingerprint density at radius 1 is 1.68 bits per heavy atom. The van der Waals surface area contributed by atoms with Crippen LogP contribution in [0.3, 0.4) is 0 Å². The number of nitrogen functional groups attached to an aromatic ring is 1. The van der Waals surface area contributed by atoms with Gasteiger partial charge in [-0.25, -0.2) is 13.6 Å². The average Bonchev–Trinajstić information content (AvgIpc) is 2.67. The molecule has 2 rings (SSSR count). The van der Waals surface area contributed by atoms with Crippen LogP contribution in [-0.4, -0.2) is 39.3 Å². The van der Waals surface area contributed by atoms with Crippen molar-refractivity contribution in [3.05, 3.63) is 33.2 Å². The molecule has 0 bridgehead atoms. The molecule has 2 heterocycles. The third-order valence-electron chi connectivity index (χ3n) is 3.82. The smallest absolute Gasteiger partial charge is 0.351 e. The summed E-state index contributed by atoms with van der Waals surface area (Å²) in [5.41, 5.74) is 10.9. The van der Waals surface area contributed by atoms with E-state index in [0.29, 0.717) is 4.57 Å². The summed E-state index contributed by atoms with van der Waals surface area (Å²) in [5, 5.41) is 12.7. The first-order valence-corrected chi connectivity index (χ1v) is 6.30. The normalized spacial score (nSPS) is 30.0. The number of hydrogen-bond donors (Lipinski definition) is 2. The third-order valence-corrected chi connectivity index (χ3v) is 3.82. The van der Waals surface area contributed by atoms with Gasteiger partial charge in [0.15, 0.2) is 0 Å². The average molecular weight is 316 g/mol. The van der Waals surface area contributed by atoms with Crippen LogP contribution in [-0.2, 0) is 4.74 Å². The zero-order valence-electron chi connectivity index (χ0n) is 11.6. The van der Waals surface area contributed by atoms with E-state index in [1.165, 1.54) is 6.07 Å². The van der Waals surface area contributed by atoms with Gasteiger partial charge in [-0.1, -0.05) is 12.0 Å². The zero-order valence-corrected chi connectivity index (χ0v) is 11.6. The Kier molecular flexibility index (Phi) is 4.05. The maximum Gasteiger partial charge on any atom is 0.351 e. The van der Waals surface area contributed by atoms with Crippen LogP contribution >= 0.6 is 0 Å². The highest BCUT2D eigenvalue weighted by atomic mass is 19.3. The monoisotopic (exact) mass is 316 g/mol. The number of nitrogens with two attached hydrogens (primary N) is 1.